The molecule has 0 saturated carbocycles. The number of carbonyl (C=O) groups excluding carboxylic acids is 2. The van der Waals surface area contributed by atoms with Crippen LogP contribution in [-0.2, 0) is 6.54 Å². The molecular formula is C21H20FN3O4. The average molecular weight is 397 g/mol. The first kappa shape index (κ1) is 18.9. The molecule has 2 aliphatic heterocycles. The van der Waals surface area contributed by atoms with E-state index in [1.165, 1.54) is 16.8 Å². The summed E-state index contributed by atoms with van der Waals surface area (Å²) in [7, 11) is 0. The molecule has 0 fully saturated rings. The molecule has 2 N–H and O–H groups in total. The van der Waals surface area contributed by atoms with E-state index in [1.807, 2.05) is 12.2 Å². The van der Waals surface area contributed by atoms with E-state index in [4.69, 9.17) is 0 Å². The van der Waals surface area contributed by atoms with Gasteiger partial charge in [-0.3, -0.25) is 14.4 Å². The second-order valence-electron chi connectivity index (χ2n) is 7.29. The maximum atomic E-state index is 14.0. The summed E-state index contributed by atoms with van der Waals surface area (Å²) in [5, 5.41) is 12.9. The van der Waals surface area contributed by atoms with E-state index >= 15 is 0 Å². The molecule has 0 spiro atoms. The Balaban J connectivity index is 1.67. The lowest BCUT2D eigenvalue weighted by molar-refractivity contribution is 0.0687. The van der Waals surface area contributed by atoms with Crippen molar-refractivity contribution < 1.29 is 19.1 Å². The number of hydrogen-bond donors (Lipinski definition) is 2. The van der Waals surface area contributed by atoms with Gasteiger partial charge >= 0.3 is 0 Å². The van der Waals surface area contributed by atoms with Crippen LogP contribution < -0.4 is 10.7 Å². The Hall–Kier alpha value is -3.42. The normalized spacial score (nSPS) is 17.7. The maximum absolute atomic E-state index is 14.0. The molecular weight excluding hydrogens is 377 g/mol. The lowest BCUT2D eigenvalue weighted by Crippen LogP contribution is -2.44. The van der Waals surface area contributed by atoms with Gasteiger partial charge in [-0.05, 0) is 25.0 Å². The lowest BCUT2D eigenvalue weighted by atomic mass is 10.1. The predicted octanol–water partition coefficient (Wildman–Crippen LogP) is 1.89. The maximum Gasteiger partial charge on any atom is 0.274 e. The molecule has 0 aliphatic carbocycles. The molecule has 1 aromatic carbocycles. The summed E-state index contributed by atoms with van der Waals surface area (Å²) in [5.41, 5.74) is -0.291. The fraction of sp³-hybridized carbons (Fsp3) is 0.286. The van der Waals surface area contributed by atoms with Crippen molar-refractivity contribution in [3.8, 4) is 5.75 Å². The van der Waals surface area contributed by atoms with Crippen molar-refractivity contribution in [2.24, 2.45) is 0 Å². The molecule has 150 valence electrons. The molecule has 2 bridgehead atoms. The van der Waals surface area contributed by atoms with Crippen molar-refractivity contribution in [3.63, 3.8) is 0 Å². The van der Waals surface area contributed by atoms with Crippen molar-refractivity contribution in [1.29, 1.82) is 0 Å². The molecule has 1 aromatic heterocycles. The van der Waals surface area contributed by atoms with Crippen molar-refractivity contribution >= 4 is 11.8 Å². The van der Waals surface area contributed by atoms with Crippen LogP contribution in [0, 0.1) is 12.7 Å². The highest BCUT2D eigenvalue weighted by molar-refractivity contribution is 5.99. The summed E-state index contributed by atoms with van der Waals surface area (Å²) >= 11 is 0. The zero-order chi connectivity index (χ0) is 20.7. The van der Waals surface area contributed by atoms with Gasteiger partial charge in [0.05, 0.1) is 6.04 Å². The number of aromatic nitrogens is 1. The number of nitrogens with one attached hydrogen (secondary N) is 1. The van der Waals surface area contributed by atoms with Gasteiger partial charge < -0.3 is 19.9 Å². The number of halogens is 1. The van der Waals surface area contributed by atoms with Gasteiger partial charge in [-0.25, -0.2) is 4.39 Å². The summed E-state index contributed by atoms with van der Waals surface area (Å²) < 4.78 is 15.5. The van der Waals surface area contributed by atoms with E-state index in [1.54, 1.807) is 24.0 Å². The predicted molar refractivity (Wildman–Crippen MR) is 103 cm³/mol. The first-order valence-corrected chi connectivity index (χ1v) is 9.34. The number of pyridine rings is 1. The molecule has 29 heavy (non-hydrogen) atoms. The van der Waals surface area contributed by atoms with E-state index in [0.717, 1.165) is 5.56 Å². The standard InChI is InChI=1S/C21H20FN3O4/c1-12-5-6-13(16(22)8-12)9-23-20(28)15-11-25-14-4-2-3-7-24(10-14)21(29)17(25)19(27)18(15)26/h2,4-6,8,11,14,27H,3,7,9-10H2,1H3,(H,23,28)/t14-/m0/s1. The fourth-order valence-corrected chi connectivity index (χ4v) is 3.70. The first-order chi connectivity index (χ1) is 13.9. The number of nitrogens with zero attached hydrogens (tertiary/aromatic N) is 2. The van der Waals surface area contributed by atoms with Gasteiger partial charge in [0.15, 0.2) is 11.4 Å². The summed E-state index contributed by atoms with van der Waals surface area (Å²) in [4.78, 5) is 39.4. The third kappa shape index (κ3) is 3.30. The highest BCUT2D eigenvalue weighted by Gasteiger charge is 2.35. The zero-order valence-corrected chi connectivity index (χ0v) is 15.8. The molecule has 0 radical (unpaired) electrons. The second kappa shape index (κ2) is 7.20. The Kier molecular flexibility index (Phi) is 4.70. The van der Waals surface area contributed by atoms with Gasteiger partial charge in [0, 0.05) is 31.4 Å². The third-order valence-corrected chi connectivity index (χ3v) is 5.28. The van der Waals surface area contributed by atoms with Crippen LogP contribution in [0.15, 0.2) is 41.3 Å². The SMILES string of the molecule is Cc1ccc(CNC(=O)c2cn3c(c(O)c2=O)C(=O)N2CCC=C[C@H]3C2)c(F)c1. The topological polar surface area (TPSA) is 91.6 Å². The smallest absolute Gasteiger partial charge is 0.274 e. The minimum absolute atomic E-state index is 0.108. The molecule has 0 saturated heterocycles. The number of hydrogen-bond acceptors (Lipinski definition) is 4. The minimum Gasteiger partial charge on any atom is -0.503 e. The molecule has 3 heterocycles. The summed E-state index contributed by atoms with van der Waals surface area (Å²) in [5.74, 6) is -2.37. The van der Waals surface area contributed by atoms with Crippen molar-refractivity contribution in [2.45, 2.75) is 25.9 Å². The van der Waals surface area contributed by atoms with Crippen LogP contribution in [-0.4, -0.2) is 39.5 Å². The lowest BCUT2D eigenvalue weighted by Gasteiger charge is -2.33. The average Bonchev–Trinajstić information content (AvgIpc) is 2.91. The first-order valence-electron chi connectivity index (χ1n) is 9.34. The van der Waals surface area contributed by atoms with E-state index < -0.39 is 28.8 Å². The molecule has 7 nitrogen and oxygen atoms in total. The Morgan fingerprint density at radius 1 is 1.34 bits per heavy atom. The number of aryl methyl sites for hydroxylation is 1. The van der Waals surface area contributed by atoms with Crippen LogP contribution in [0.25, 0.3) is 0 Å². The number of amides is 2. The molecule has 2 aliphatic rings. The van der Waals surface area contributed by atoms with E-state index in [-0.39, 0.29) is 29.4 Å². The molecule has 2 amide bonds. The van der Waals surface area contributed by atoms with Crippen LogP contribution in [0.5, 0.6) is 5.75 Å². The van der Waals surface area contributed by atoms with Gasteiger partial charge in [0.2, 0.25) is 5.43 Å². The summed E-state index contributed by atoms with van der Waals surface area (Å²) in [6.07, 6.45) is 5.80. The van der Waals surface area contributed by atoms with Crippen molar-refractivity contribution in [2.75, 3.05) is 13.1 Å². The van der Waals surface area contributed by atoms with Crippen molar-refractivity contribution in [3.05, 3.63) is 75.0 Å². The van der Waals surface area contributed by atoms with Gasteiger partial charge in [0.25, 0.3) is 11.8 Å². The van der Waals surface area contributed by atoms with Gasteiger partial charge in [-0.1, -0.05) is 24.3 Å². The third-order valence-electron chi connectivity index (χ3n) is 5.28. The summed E-state index contributed by atoms with van der Waals surface area (Å²) in [6.45, 7) is 2.56. The summed E-state index contributed by atoms with van der Waals surface area (Å²) in [6, 6.07) is 4.36. The molecule has 4 rings (SSSR count). The second-order valence-corrected chi connectivity index (χ2v) is 7.29. The number of benzene rings is 1. The van der Waals surface area contributed by atoms with Crippen LogP contribution >= 0.6 is 0 Å². The molecule has 8 heteroatoms. The highest BCUT2D eigenvalue weighted by atomic mass is 19.1. The van der Waals surface area contributed by atoms with Crippen LogP contribution in [0.2, 0.25) is 0 Å². The Bertz CT molecular complexity index is 1110. The largest absolute Gasteiger partial charge is 0.503 e. The van der Waals surface area contributed by atoms with E-state index in [9.17, 15) is 23.9 Å². The zero-order valence-electron chi connectivity index (χ0n) is 15.8. The highest BCUT2D eigenvalue weighted by Crippen LogP contribution is 2.29. The van der Waals surface area contributed by atoms with E-state index in [0.29, 0.717) is 19.5 Å². The van der Waals surface area contributed by atoms with Crippen LogP contribution in [0.4, 0.5) is 4.39 Å². The van der Waals surface area contributed by atoms with E-state index in [2.05, 4.69) is 5.32 Å². The van der Waals surface area contributed by atoms with Gasteiger partial charge in [-0.2, -0.15) is 0 Å². The minimum atomic E-state index is -0.921. The molecule has 1 atom stereocenters. The molecule has 2 aromatic rings. The van der Waals surface area contributed by atoms with Crippen LogP contribution in [0.1, 0.15) is 44.4 Å². The Labute approximate surface area is 166 Å². The van der Waals surface area contributed by atoms with Gasteiger partial charge in [0.1, 0.15) is 11.4 Å². The Morgan fingerprint density at radius 3 is 2.90 bits per heavy atom. The fourth-order valence-electron chi connectivity index (χ4n) is 3.70. The number of aromatic hydroxyl groups is 1. The molecule has 0 unspecified atom stereocenters. The number of rotatable bonds is 3. The van der Waals surface area contributed by atoms with Crippen molar-refractivity contribution in [1.82, 2.24) is 14.8 Å². The van der Waals surface area contributed by atoms with Gasteiger partial charge in [-0.15, -0.1) is 0 Å². The Morgan fingerprint density at radius 2 is 2.14 bits per heavy atom. The number of fused-ring (bicyclic) bond motifs is 4. The van der Waals surface area contributed by atoms with Crippen LogP contribution in [0.3, 0.4) is 0 Å². The monoisotopic (exact) mass is 397 g/mol. The quantitative estimate of drug-likeness (QED) is 0.774. The number of carbonyl (C=O) groups is 2.